The maximum atomic E-state index is 5.79. The van der Waals surface area contributed by atoms with E-state index in [1.807, 2.05) is 12.1 Å². The molecule has 102 valence electrons. The average Bonchev–Trinajstić information content (AvgIpc) is 2.29. The van der Waals surface area contributed by atoms with Gasteiger partial charge in [0.1, 0.15) is 11.4 Å². The van der Waals surface area contributed by atoms with Crippen LogP contribution in [0.15, 0.2) is 24.3 Å². The highest BCUT2D eigenvalue weighted by Crippen LogP contribution is 2.22. The van der Waals surface area contributed by atoms with Crippen LogP contribution in [0.5, 0.6) is 5.75 Å². The van der Waals surface area contributed by atoms with Gasteiger partial charge in [-0.15, -0.1) is 12.4 Å². The van der Waals surface area contributed by atoms with Gasteiger partial charge in [0.15, 0.2) is 0 Å². The summed E-state index contributed by atoms with van der Waals surface area (Å²) in [4.78, 5) is 0. The van der Waals surface area contributed by atoms with Crippen molar-refractivity contribution in [1.82, 2.24) is 5.32 Å². The zero-order chi connectivity index (χ0) is 12.3. The SMILES string of the molecule is CC(C)(C)Oc1ccc([C@@H]2COCCN2)cc1.Cl. The molecule has 0 radical (unpaired) electrons. The van der Waals surface area contributed by atoms with Gasteiger partial charge in [-0.25, -0.2) is 0 Å². The molecule has 1 aliphatic rings. The average molecular weight is 272 g/mol. The van der Waals surface area contributed by atoms with Gasteiger partial charge in [0.2, 0.25) is 0 Å². The van der Waals surface area contributed by atoms with Gasteiger partial charge in [-0.05, 0) is 38.5 Å². The Hall–Kier alpha value is -0.770. The van der Waals surface area contributed by atoms with Gasteiger partial charge < -0.3 is 14.8 Å². The van der Waals surface area contributed by atoms with Gasteiger partial charge in [-0.3, -0.25) is 0 Å². The quantitative estimate of drug-likeness (QED) is 0.897. The molecule has 1 atom stereocenters. The van der Waals surface area contributed by atoms with Crippen LogP contribution < -0.4 is 10.1 Å². The molecular formula is C14H22ClNO2. The van der Waals surface area contributed by atoms with E-state index in [0.29, 0.717) is 6.04 Å². The second-order valence-corrected chi connectivity index (χ2v) is 5.37. The largest absolute Gasteiger partial charge is 0.488 e. The van der Waals surface area contributed by atoms with Crippen LogP contribution in [-0.4, -0.2) is 25.4 Å². The van der Waals surface area contributed by atoms with E-state index in [0.717, 1.165) is 25.5 Å². The molecule has 4 heteroatoms. The Kier molecular flexibility index (Phi) is 5.45. The van der Waals surface area contributed by atoms with E-state index in [1.165, 1.54) is 5.56 Å². The number of hydrogen-bond donors (Lipinski definition) is 1. The third kappa shape index (κ3) is 4.48. The third-order valence-electron chi connectivity index (χ3n) is 2.63. The minimum Gasteiger partial charge on any atom is -0.488 e. The zero-order valence-corrected chi connectivity index (χ0v) is 12.0. The number of halogens is 1. The summed E-state index contributed by atoms with van der Waals surface area (Å²) < 4.78 is 11.2. The Bertz CT molecular complexity index is 353. The molecule has 1 N–H and O–H groups in total. The van der Waals surface area contributed by atoms with E-state index in [9.17, 15) is 0 Å². The van der Waals surface area contributed by atoms with Crippen molar-refractivity contribution in [2.75, 3.05) is 19.8 Å². The molecule has 1 heterocycles. The summed E-state index contributed by atoms with van der Waals surface area (Å²) in [6, 6.07) is 8.57. The van der Waals surface area contributed by atoms with Crippen molar-refractivity contribution < 1.29 is 9.47 Å². The first-order valence-electron chi connectivity index (χ1n) is 6.15. The van der Waals surface area contributed by atoms with Crippen molar-refractivity contribution in [3.63, 3.8) is 0 Å². The van der Waals surface area contributed by atoms with Crippen LogP contribution >= 0.6 is 12.4 Å². The standard InChI is InChI=1S/C14H21NO2.ClH/c1-14(2,3)17-12-6-4-11(5-7-12)13-10-16-9-8-15-13;/h4-7,13,15H,8-10H2,1-3H3;1H/t13-;/m0./s1. The molecule has 1 aromatic rings. The van der Waals surface area contributed by atoms with Crippen molar-refractivity contribution in [3.8, 4) is 5.75 Å². The van der Waals surface area contributed by atoms with Gasteiger partial charge in [0.05, 0.1) is 19.3 Å². The van der Waals surface area contributed by atoms with Gasteiger partial charge in [-0.2, -0.15) is 0 Å². The number of rotatable bonds is 2. The molecule has 0 aliphatic carbocycles. The fourth-order valence-corrected chi connectivity index (χ4v) is 1.90. The lowest BCUT2D eigenvalue weighted by Gasteiger charge is -2.25. The molecule has 1 aromatic carbocycles. The zero-order valence-electron chi connectivity index (χ0n) is 11.2. The Morgan fingerprint density at radius 3 is 2.39 bits per heavy atom. The van der Waals surface area contributed by atoms with Gasteiger partial charge in [0, 0.05) is 6.54 Å². The van der Waals surface area contributed by atoms with Gasteiger partial charge >= 0.3 is 0 Å². The van der Waals surface area contributed by atoms with Crippen LogP contribution in [0.3, 0.4) is 0 Å². The molecule has 18 heavy (non-hydrogen) atoms. The maximum Gasteiger partial charge on any atom is 0.120 e. The Labute approximate surface area is 115 Å². The Balaban J connectivity index is 0.00000162. The summed E-state index contributed by atoms with van der Waals surface area (Å²) in [6.45, 7) is 8.64. The minimum atomic E-state index is -0.145. The monoisotopic (exact) mass is 271 g/mol. The van der Waals surface area contributed by atoms with Crippen molar-refractivity contribution in [2.24, 2.45) is 0 Å². The maximum absolute atomic E-state index is 5.79. The molecule has 1 aliphatic heterocycles. The smallest absolute Gasteiger partial charge is 0.120 e. The highest BCUT2D eigenvalue weighted by atomic mass is 35.5. The third-order valence-corrected chi connectivity index (χ3v) is 2.63. The summed E-state index contributed by atoms with van der Waals surface area (Å²) in [5.74, 6) is 0.915. The first-order valence-corrected chi connectivity index (χ1v) is 6.15. The first-order chi connectivity index (χ1) is 8.04. The van der Waals surface area contributed by atoms with Gasteiger partial charge in [-0.1, -0.05) is 12.1 Å². The van der Waals surface area contributed by atoms with E-state index in [1.54, 1.807) is 0 Å². The summed E-state index contributed by atoms with van der Waals surface area (Å²) in [5.41, 5.74) is 1.11. The molecule has 2 rings (SSSR count). The molecule has 0 aromatic heterocycles. The summed E-state index contributed by atoms with van der Waals surface area (Å²) in [7, 11) is 0. The van der Waals surface area contributed by atoms with Crippen LogP contribution in [0.2, 0.25) is 0 Å². The number of benzene rings is 1. The first kappa shape index (κ1) is 15.3. The van der Waals surface area contributed by atoms with Gasteiger partial charge in [0.25, 0.3) is 0 Å². The van der Waals surface area contributed by atoms with E-state index in [2.05, 4.69) is 38.2 Å². The predicted molar refractivity (Wildman–Crippen MR) is 75.6 cm³/mol. The van der Waals surface area contributed by atoms with Crippen molar-refractivity contribution in [2.45, 2.75) is 32.4 Å². The van der Waals surface area contributed by atoms with E-state index >= 15 is 0 Å². The van der Waals surface area contributed by atoms with Crippen molar-refractivity contribution in [3.05, 3.63) is 29.8 Å². The van der Waals surface area contributed by atoms with Crippen LogP contribution in [0, 0.1) is 0 Å². The molecule has 3 nitrogen and oxygen atoms in total. The number of hydrogen-bond acceptors (Lipinski definition) is 3. The van der Waals surface area contributed by atoms with E-state index in [-0.39, 0.29) is 18.0 Å². The fourth-order valence-electron chi connectivity index (χ4n) is 1.90. The van der Waals surface area contributed by atoms with E-state index < -0.39 is 0 Å². The molecular weight excluding hydrogens is 250 g/mol. The lowest BCUT2D eigenvalue weighted by atomic mass is 10.1. The van der Waals surface area contributed by atoms with Crippen LogP contribution in [-0.2, 0) is 4.74 Å². The molecule has 0 saturated carbocycles. The highest BCUT2D eigenvalue weighted by molar-refractivity contribution is 5.85. The topological polar surface area (TPSA) is 30.5 Å². The highest BCUT2D eigenvalue weighted by Gasteiger charge is 2.16. The minimum absolute atomic E-state index is 0. The molecule has 1 saturated heterocycles. The molecule has 0 spiro atoms. The number of ether oxygens (including phenoxy) is 2. The second kappa shape index (κ2) is 6.41. The second-order valence-electron chi connectivity index (χ2n) is 5.37. The van der Waals surface area contributed by atoms with Crippen molar-refractivity contribution >= 4 is 12.4 Å². The van der Waals surface area contributed by atoms with Crippen LogP contribution in [0.1, 0.15) is 32.4 Å². The fraction of sp³-hybridized carbons (Fsp3) is 0.571. The number of nitrogens with one attached hydrogen (secondary N) is 1. The Morgan fingerprint density at radius 2 is 1.89 bits per heavy atom. The lowest BCUT2D eigenvalue weighted by Crippen LogP contribution is -2.34. The summed E-state index contributed by atoms with van der Waals surface area (Å²) in [6.07, 6.45) is 0. The van der Waals surface area contributed by atoms with Crippen LogP contribution in [0.25, 0.3) is 0 Å². The number of morpholine rings is 1. The lowest BCUT2D eigenvalue weighted by molar-refractivity contribution is 0.0768. The molecule has 0 amide bonds. The molecule has 1 fully saturated rings. The Morgan fingerprint density at radius 1 is 1.22 bits per heavy atom. The van der Waals surface area contributed by atoms with Crippen LogP contribution in [0.4, 0.5) is 0 Å². The van der Waals surface area contributed by atoms with E-state index in [4.69, 9.17) is 9.47 Å². The summed E-state index contributed by atoms with van der Waals surface area (Å²) >= 11 is 0. The normalized spacial score (nSPS) is 20.1. The van der Waals surface area contributed by atoms with Crippen molar-refractivity contribution in [1.29, 1.82) is 0 Å². The molecule has 0 unspecified atom stereocenters. The summed E-state index contributed by atoms with van der Waals surface area (Å²) in [5, 5.41) is 3.44. The predicted octanol–water partition coefficient (Wildman–Crippen LogP) is 2.95. The molecule has 0 bridgehead atoms.